The first-order chi connectivity index (χ1) is 8.95. The average molecular weight is 279 g/mol. The third kappa shape index (κ3) is 3.72. The van der Waals surface area contributed by atoms with Crippen molar-refractivity contribution in [1.82, 2.24) is 15.0 Å². The molecule has 0 unspecified atom stereocenters. The molecule has 7 heteroatoms. The van der Waals surface area contributed by atoms with Gasteiger partial charge in [0.2, 0.25) is 20.9 Å². The van der Waals surface area contributed by atoms with E-state index in [2.05, 4.69) is 15.0 Å². The lowest BCUT2D eigenvalue weighted by Crippen LogP contribution is -2.07. The average Bonchev–Trinajstić information content (AvgIpc) is 2.36. The van der Waals surface area contributed by atoms with Gasteiger partial charge in [0.25, 0.3) is 0 Å². The number of nitrogens with zero attached hydrogens (tertiary/aromatic N) is 3. The van der Waals surface area contributed by atoms with Gasteiger partial charge in [-0.1, -0.05) is 6.07 Å². The van der Waals surface area contributed by atoms with Crippen molar-refractivity contribution in [2.24, 2.45) is 0 Å². The van der Waals surface area contributed by atoms with Crippen LogP contribution in [0.3, 0.4) is 0 Å². The zero-order valence-electron chi connectivity index (χ0n) is 10.6. The highest BCUT2D eigenvalue weighted by Crippen LogP contribution is 2.13. The van der Waals surface area contributed by atoms with Crippen LogP contribution < -0.4 is 4.74 Å². The number of aromatic nitrogens is 3. The van der Waals surface area contributed by atoms with E-state index in [0.717, 1.165) is 11.9 Å². The second-order valence-corrected chi connectivity index (χ2v) is 5.92. The molecule has 2 aromatic rings. The standard InChI is InChI=1S/C12H13N3O3S/c1-9-7-11(15-12(14-9)19(2,16)17)18-8-10-5-3-4-6-13-10/h3-7H,8H2,1-2H3. The van der Waals surface area contributed by atoms with E-state index in [1.165, 1.54) is 0 Å². The zero-order chi connectivity index (χ0) is 13.9. The molecule has 6 nitrogen and oxygen atoms in total. The second-order valence-electron chi connectivity index (χ2n) is 4.01. The minimum Gasteiger partial charge on any atom is -0.471 e. The van der Waals surface area contributed by atoms with Crippen molar-refractivity contribution >= 4 is 9.84 Å². The molecule has 0 atom stereocenters. The fraction of sp³-hybridized carbons (Fsp3) is 0.250. The zero-order valence-corrected chi connectivity index (χ0v) is 11.4. The Morgan fingerprint density at radius 2 is 2.05 bits per heavy atom. The van der Waals surface area contributed by atoms with Crippen LogP contribution in [-0.4, -0.2) is 29.6 Å². The smallest absolute Gasteiger partial charge is 0.250 e. The van der Waals surface area contributed by atoms with Crippen molar-refractivity contribution < 1.29 is 13.2 Å². The SMILES string of the molecule is Cc1cc(OCc2ccccn2)nc(S(C)(=O)=O)n1. The van der Waals surface area contributed by atoms with Gasteiger partial charge in [0.05, 0.1) is 5.69 Å². The molecule has 0 aliphatic rings. The first-order valence-electron chi connectivity index (χ1n) is 5.53. The summed E-state index contributed by atoms with van der Waals surface area (Å²) in [6.45, 7) is 1.91. The lowest BCUT2D eigenvalue weighted by atomic mass is 10.4. The van der Waals surface area contributed by atoms with Crippen molar-refractivity contribution in [1.29, 1.82) is 0 Å². The van der Waals surface area contributed by atoms with Crippen molar-refractivity contribution in [3.8, 4) is 5.88 Å². The van der Waals surface area contributed by atoms with E-state index in [-0.39, 0.29) is 17.6 Å². The van der Waals surface area contributed by atoms with Crippen LogP contribution in [0, 0.1) is 6.92 Å². The summed E-state index contributed by atoms with van der Waals surface area (Å²) in [6.07, 6.45) is 2.72. The van der Waals surface area contributed by atoms with E-state index >= 15 is 0 Å². The second kappa shape index (κ2) is 5.31. The Kier molecular flexibility index (Phi) is 3.75. The Labute approximate surface area is 111 Å². The monoisotopic (exact) mass is 279 g/mol. The first kappa shape index (κ1) is 13.4. The van der Waals surface area contributed by atoms with Gasteiger partial charge in [0.15, 0.2) is 0 Å². The van der Waals surface area contributed by atoms with Crippen molar-refractivity contribution in [3.63, 3.8) is 0 Å². The maximum absolute atomic E-state index is 11.4. The number of hydrogen-bond acceptors (Lipinski definition) is 6. The van der Waals surface area contributed by atoms with Gasteiger partial charge in [0, 0.05) is 24.2 Å². The van der Waals surface area contributed by atoms with Gasteiger partial charge in [-0.25, -0.2) is 13.4 Å². The molecular formula is C12H13N3O3S. The minimum atomic E-state index is -3.45. The van der Waals surface area contributed by atoms with Crippen LogP contribution in [0.1, 0.15) is 11.4 Å². The van der Waals surface area contributed by atoms with Gasteiger partial charge >= 0.3 is 0 Å². The fourth-order valence-electron chi connectivity index (χ4n) is 1.38. The Hall–Kier alpha value is -2.02. The lowest BCUT2D eigenvalue weighted by Gasteiger charge is -2.06. The number of aryl methyl sites for hydroxylation is 1. The van der Waals surface area contributed by atoms with Crippen LogP contribution in [-0.2, 0) is 16.4 Å². The van der Waals surface area contributed by atoms with Gasteiger partial charge in [-0.05, 0) is 19.1 Å². The maximum Gasteiger partial charge on any atom is 0.250 e. The topological polar surface area (TPSA) is 82.0 Å². The van der Waals surface area contributed by atoms with E-state index in [0.29, 0.717) is 5.69 Å². The molecule has 0 aromatic carbocycles. The third-order valence-corrected chi connectivity index (χ3v) is 3.08. The highest BCUT2D eigenvalue weighted by molar-refractivity contribution is 7.90. The van der Waals surface area contributed by atoms with Gasteiger partial charge in [-0.15, -0.1) is 0 Å². The van der Waals surface area contributed by atoms with E-state index in [1.807, 2.05) is 12.1 Å². The number of ether oxygens (including phenoxy) is 1. The van der Waals surface area contributed by atoms with E-state index < -0.39 is 9.84 Å². The Morgan fingerprint density at radius 3 is 2.68 bits per heavy atom. The predicted molar refractivity (Wildman–Crippen MR) is 68.4 cm³/mol. The first-order valence-corrected chi connectivity index (χ1v) is 7.43. The van der Waals surface area contributed by atoms with E-state index in [4.69, 9.17) is 4.74 Å². The number of rotatable bonds is 4. The molecule has 2 heterocycles. The summed E-state index contributed by atoms with van der Waals surface area (Å²) in [7, 11) is -3.45. The third-order valence-electron chi connectivity index (χ3n) is 2.24. The maximum atomic E-state index is 11.4. The van der Waals surface area contributed by atoms with Crippen LogP contribution in [0.25, 0.3) is 0 Å². The molecule has 0 saturated carbocycles. The van der Waals surface area contributed by atoms with Gasteiger partial charge in [-0.3, -0.25) is 4.98 Å². The predicted octanol–water partition coefficient (Wildman–Crippen LogP) is 1.16. The fourth-order valence-corrected chi connectivity index (χ4v) is 1.95. The molecule has 0 N–H and O–H groups in total. The summed E-state index contributed by atoms with van der Waals surface area (Å²) in [6, 6.07) is 7.04. The van der Waals surface area contributed by atoms with Crippen LogP contribution >= 0.6 is 0 Å². The van der Waals surface area contributed by atoms with Gasteiger partial charge in [0.1, 0.15) is 6.61 Å². The molecule has 0 aliphatic carbocycles. The number of pyridine rings is 1. The Bertz CT molecular complexity index is 672. The highest BCUT2D eigenvalue weighted by atomic mass is 32.2. The molecule has 0 spiro atoms. The number of hydrogen-bond donors (Lipinski definition) is 0. The summed E-state index contributed by atoms with van der Waals surface area (Å²) < 4.78 is 28.3. The molecular weight excluding hydrogens is 266 g/mol. The van der Waals surface area contributed by atoms with E-state index in [9.17, 15) is 8.42 Å². The van der Waals surface area contributed by atoms with Gasteiger partial charge in [-0.2, -0.15) is 4.98 Å². The van der Waals surface area contributed by atoms with Crippen LogP contribution in [0.15, 0.2) is 35.6 Å². The summed E-state index contributed by atoms with van der Waals surface area (Å²) in [4.78, 5) is 11.8. The van der Waals surface area contributed by atoms with E-state index in [1.54, 1.807) is 25.3 Å². The summed E-state index contributed by atoms with van der Waals surface area (Å²) in [5.74, 6) is 0.221. The molecule has 0 amide bonds. The molecule has 0 saturated heterocycles. The number of sulfone groups is 1. The molecule has 0 bridgehead atoms. The van der Waals surface area contributed by atoms with Gasteiger partial charge < -0.3 is 4.74 Å². The molecule has 0 aliphatic heterocycles. The quantitative estimate of drug-likeness (QED) is 0.781. The molecule has 19 heavy (non-hydrogen) atoms. The Morgan fingerprint density at radius 1 is 1.26 bits per heavy atom. The molecule has 100 valence electrons. The molecule has 2 rings (SSSR count). The molecule has 0 fully saturated rings. The highest BCUT2D eigenvalue weighted by Gasteiger charge is 2.13. The van der Waals surface area contributed by atoms with Crippen molar-refractivity contribution in [2.75, 3.05) is 6.26 Å². The van der Waals surface area contributed by atoms with Crippen molar-refractivity contribution in [3.05, 3.63) is 41.9 Å². The van der Waals surface area contributed by atoms with Crippen LogP contribution in [0.2, 0.25) is 0 Å². The largest absolute Gasteiger partial charge is 0.471 e. The molecule has 2 aromatic heterocycles. The van der Waals surface area contributed by atoms with Crippen molar-refractivity contribution in [2.45, 2.75) is 18.7 Å². The lowest BCUT2D eigenvalue weighted by molar-refractivity contribution is 0.285. The summed E-state index contributed by atoms with van der Waals surface area (Å²) >= 11 is 0. The summed E-state index contributed by atoms with van der Waals surface area (Å²) in [5.41, 5.74) is 1.27. The minimum absolute atomic E-state index is 0.221. The normalized spacial score (nSPS) is 11.3. The Balaban J connectivity index is 2.19. The van der Waals surface area contributed by atoms with Crippen LogP contribution in [0.4, 0.5) is 0 Å². The van der Waals surface area contributed by atoms with Crippen LogP contribution in [0.5, 0.6) is 5.88 Å². The molecule has 0 radical (unpaired) electrons. The summed E-state index contributed by atoms with van der Waals surface area (Å²) in [5, 5.41) is -0.233.